The molecule has 4 aliphatic rings. The second-order valence-corrected chi connectivity index (χ2v) is 11.3. The highest BCUT2D eigenvalue weighted by Gasteiger charge is 2.35. The van der Waals surface area contributed by atoms with Gasteiger partial charge in [0.15, 0.2) is 0 Å². The van der Waals surface area contributed by atoms with E-state index in [-0.39, 0.29) is 11.9 Å². The summed E-state index contributed by atoms with van der Waals surface area (Å²) in [5.41, 5.74) is 5.31. The highest BCUT2D eigenvalue weighted by atomic mass is 16.2. The molecule has 0 unspecified atom stereocenters. The number of benzene rings is 1. The first kappa shape index (κ1) is 25.7. The van der Waals surface area contributed by atoms with Crippen molar-refractivity contribution in [3.05, 3.63) is 53.2 Å². The number of hydrogen-bond donors (Lipinski definition) is 0. The molecule has 8 heteroatoms. The first-order valence-corrected chi connectivity index (χ1v) is 14.7. The predicted molar refractivity (Wildman–Crippen MR) is 154 cm³/mol. The smallest absolute Gasteiger partial charge is 0.246 e. The van der Waals surface area contributed by atoms with Crippen LogP contribution in [0.2, 0.25) is 0 Å². The summed E-state index contributed by atoms with van der Waals surface area (Å²) < 4.78 is 0. The lowest BCUT2D eigenvalue weighted by atomic mass is 9.88. The number of para-hydroxylation sites is 1. The number of nitrogens with zero attached hydrogens (tertiary/aromatic N) is 7. The molecule has 1 aromatic heterocycles. The summed E-state index contributed by atoms with van der Waals surface area (Å²) in [7, 11) is 0. The van der Waals surface area contributed by atoms with Crippen LogP contribution in [0.1, 0.15) is 55.8 Å². The number of rotatable bonds is 5. The molecule has 0 saturated carbocycles. The summed E-state index contributed by atoms with van der Waals surface area (Å²) in [6.07, 6.45) is 11.4. The van der Waals surface area contributed by atoms with Gasteiger partial charge in [0.2, 0.25) is 11.9 Å². The molecule has 2 atom stereocenters. The number of hydrogen-bond acceptors (Lipinski definition) is 7. The SMILES string of the molecule is C/C=C/C(=O)N1CCN(c2nc(N3CCCC3)nc3c2CC[C@@H](N2CCCc4ccccc42)C3)C[C@@H]1CC#N. The Kier molecular flexibility index (Phi) is 7.40. The fourth-order valence-corrected chi connectivity index (χ4v) is 6.95. The van der Waals surface area contributed by atoms with Gasteiger partial charge in [0.1, 0.15) is 5.82 Å². The number of carbonyl (C=O) groups excluding carboxylic acids is 1. The largest absolute Gasteiger partial charge is 0.368 e. The monoisotopic (exact) mass is 525 g/mol. The van der Waals surface area contributed by atoms with Gasteiger partial charge in [-0.1, -0.05) is 24.3 Å². The van der Waals surface area contributed by atoms with Gasteiger partial charge in [-0.2, -0.15) is 10.2 Å². The number of aromatic nitrogens is 2. The van der Waals surface area contributed by atoms with Crippen LogP contribution in [-0.2, 0) is 24.1 Å². The van der Waals surface area contributed by atoms with Crippen LogP contribution in [0.15, 0.2) is 36.4 Å². The zero-order valence-electron chi connectivity index (χ0n) is 23.1. The van der Waals surface area contributed by atoms with Crippen LogP contribution < -0.4 is 14.7 Å². The van der Waals surface area contributed by atoms with Crippen LogP contribution in [0.4, 0.5) is 17.5 Å². The van der Waals surface area contributed by atoms with Gasteiger partial charge in [-0.05, 0) is 63.2 Å². The first-order chi connectivity index (χ1) is 19.2. The van der Waals surface area contributed by atoms with Crippen LogP contribution in [0.5, 0.6) is 0 Å². The normalized spacial score (nSPS) is 23.1. The van der Waals surface area contributed by atoms with Crippen LogP contribution in [0.3, 0.4) is 0 Å². The molecule has 1 aromatic carbocycles. The summed E-state index contributed by atoms with van der Waals surface area (Å²) in [5, 5.41) is 9.55. The molecule has 0 bridgehead atoms. The fraction of sp³-hybridized carbons (Fsp3) is 0.548. The third-order valence-corrected chi connectivity index (χ3v) is 8.89. The van der Waals surface area contributed by atoms with Gasteiger partial charge in [-0.15, -0.1) is 0 Å². The maximum Gasteiger partial charge on any atom is 0.246 e. The Morgan fingerprint density at radius 2 is 1.90 bits per heavy atom. The minimum Gasteiger partial charge on any atom is -0.368 e. The Bertz CT molecular complexity index is 1280. The number of allylic oxidation sites excluding steroid dienone is 1. The Morgan fingerprint density at radius 1 is 1.05 bits per heavy atom. The van der Waals surface area contributed by atoms with Crippen molar-refractivity contribution in [1.82, 2.24) is 14.9 Å². The zero-order chi connectivity index (χ0) is 26.8. The van der Waals surface area contributed by atoms with Crippen molar-refractivity contribution < 1.29 is 4.79 Å². The highest BCUT2D eigenvalue weighted by Crippen LogP contribution is 2.37. The molecular formula is C31H39N7O. The number of aryl methyl sites for hydroxylation is 1. The Labute approximate surface area is 231 Å². The van der Waals surface area contributed by atoms with E-state index in [9.17, 15) is 10.1 Å². The molecular weight excluding hydrogens is 486 g/mol. The maximum atomic E-state index is 12.7. The summed E-state index contributed by atoms with van der Waals surface area (Å²) in [6, 6.07) is 11.5. The Hall–Kier alpha value is -3.60. The van der Waals surface area contributed by atoms with Crippen molar-refractivity contribution in [3.8, 4) is 6.07 Å². The standard InChI is InChI=1S/C31H39N7O/c1-2-8-29(39)38-20-19-36(22-25(38)14-15-32)30-26-13-12-24(37-18-7-10-23-9-3-4-11-28(23)37)21-27(26)33-31(34-30)35-16-5-6-17-35/h2-4,8-9,11,24-25H,5-7,10,12-14,16-22H2,1H3/b8-2+/t24-,25+/m1/s1. The summed E-state index contributed by atoms with van der Waals surface area (Å²) in [4.78, 5) is 32.3. The lowest BCUT2D eigenvalue weighted by Crippen LogP contribution is -2.55. The molecule has 6 rings (SSSR count). The lowest BCUT2D eigenvalue weighted by Gasteiger charge is -2.43. The number of fused-ring (bicyclic) bond motifs is 2. The third kappa shape index (κ3) is 5.07. The topological polar surface area (TPSA) is 79.6 Å². The molecule has 2 fully saturated rings. The van der Waals surface area contributed by atoms with E-state index in [2.05, 4.69) is 45.0 Å². The van der Waals surface area contributed by atoms with Crippen LogP contribution in [0.25, 0.3) is 0 Å². The molecule has 1 aliphatic carbocycles. The quantitative estimate of drug-likeness (QED) is 0.548. The van der Waals surface area contributed by atoms with Crippen LogP contribution >= 0.6 is 0 Å². The van der Waals surface area contributed by atoms with Crippen LogP contribution in [0, 0.1) is 11.3 Å². The lowest BCUT2D eigenvalue weighted by molar-refractivity contribution is -0.128. The molecule has 4 heterocycles. The van der Waals surface area contributed by atoms with E-state index in [0.29, 0.717) is 25.6 Å². The van der Waals surface area contributed by atoms with E-state index in [0.717, 1.165) is 63.6 Å². The maximum absolute atomic E-state index is 12.7. The highest BCUT2D eigenvalue weighted by molar-refractivity contribution is 5.88. The second kappa shape index (κ2) is 11.3. The van der Waals surface area contributed by atoms with E-state index in [1.165, 1.54) is 41.8 Å². The van der Waals surface area contributed by atoms with Gasteiger partial charge in [-0.3, -0.25) is 4.79 Å². The van der Waals surface area contributed by atoms with Crippen molar-refractivity contribution in [1.29, 1.82) is 5.26 Å². The minimum absolute atomic E-state index is 0.00970. The molecule has 0 spiro atoms. The molecule has 1 amide bonds. The number of carbonyl (C=O) groups is 1. The summed E-state index contributed by atoms with van der Waals surface area (Å²) in [6.45, 7) is 6.91. The number of piperazine rings is 1. The fourth-order valence-electron chi connectivity index (χ4n) is 6.95. The van der Waals surface area contributed by atoms with Gasteiger partial charge < -0.3 is 19.6 Å². The van der Waals surface area contributed by atoms with Gasteiger partial charge in [-0.25, -0.2) is 4.98 Å². The minimum atomic E-state index is -0.144. The molecule has 2 saturated heterocycles. The molecule has 2 aromatic rings. The van der Waals surface area contributed by atoms with Crippen LogP contribution in [-0.4, -0.2) is 72.1 Å². The molecule has 0 N–H and O–H groups in total. The van der Waals surface area contributed by atoms with Crippen molar-refractivity contribution in [2.75, 3.05) is 54.0 Å². The third-order valence-electron chi connectivity index (χ3n) is 8.89. The Morgan fingerprint density at radius 3 is 2.72 bits per heavy atom. The average molecular weight is 526 g/mol. The van der Waals surface area contributed by atoms with E-state index >= 15 is 0 Å². The predicted octanol–water partition coefficient (Wildman–Crippen LogP) is 3.89. The molecule has 0 radical (unpaired) electrons. The molecule has 3 aliphatic heterocycles. The average Bonchev–Trinajstić information content (AvgIpc) is 3.52. The van der Waals surface area contributed by atoms with Gasteiger partial charge in [0.05, 0.1) is 24.2 Å². The summed E-state index contributed by atoms with van der Waals surface area (Å²) >= 11 is 0. The van der Waals surface area contributed by atoms with Gasteiger partial charge in [0, 0.05) is 63.0 Å². The molecule has 39 heavy (non-hydrogen) atoms. The van der Waals surface area contributed by atoms with E-state index in [4.69, 9.17) is 9.97 Å². The van der Waals surface area contributed by atoms with Crippen molar-refractivity contribution in [2.24, 2.45) is 0 Å². The Balaban J connectivity index is 1.32. The van der Waals surface area contributed by atoms with E-state index in [1.54, 1.807) is 12.2 Å². The van der Waals surface area contributed by atoms with E-state index < -0.39 is 0 Å². The number of nitriles is 1. The molecule has 204 valence electrons. The summed E-state index contributed by atoms with van der Waals surface area (Å²) in [5.74, 6) is 1.87. The second-order valence-electron chi connectivity index (χ2n) is 11.3. The van der Waals surface area contributed by atoms with Gasteiger partial charge >= 0.3 is 0 Å². The number of anilines is 3. The first-order valence-electron chi connectivity index (χ1n) is 14.7. The van der Waals surface area contributed by atoms with Crippen molar-refractivity contribution in [3.63, 3.8) is 0 Å². The molecule has 8 nitrogen and oxygen atoms in total. The zero-order valence-corrected chi connectivity index (χ0v) is 23.1. The number of amides is 1. The van der Waals surface area contributed by atoms with Crippen molar-refractivity contribution in [2.45, 2.75) is 70.4 Å². The van der Waals surface area contributed by atoms with E-state index in [1.807, 2.05) is 11.8 Å². The van der Waals surface area contributed by atoms with Crippen molar-refractivity contribution >= 4 is 23.4 Å². The van der Waals surface area contributed by atoms with Gasteiger partial charge in [0.25, 0.3) is 0 Å².